The molecule has 2 aromatic heterocycles. The summed E-state index contributed by atoms with van der Waals surface area (Å²) in [6.45, 7) is 1.14. The van der Waals surface area contributed by atoms with Gasteiger partial charge in [0.15, 0.2) is 0 Å². The Kier molecular flexibility index (Phi) is 3.16. The molecule has 0 fully saturated rings. The number of rotatable bonds is 3. The number of carboxylic acid groups (broad SMARTS) is 1. The second-order valence-corrected chi connectivity index (χ2v) is 4.03. The van der Waals surface area contributed by atoms with Crippen molar-refractivity contribution in [3.05, 3.63) is 34.3 Å². The highest BCUT2D eigenvalue weighted by Gasteiger charge is 2.17. The van der Waals surface area contributed by atoms with Crippen molar-refractivity contribution in [2.75, 3.05) is 0 Å². The van der Waals surface area contributed by atoms with Gasteiger partial charge >= 0.3 is 5.97 Å². The van der Waals surface area contributed by atoms with Crippen molar-refractivity contribution in [1.29, 1.82) is 0 Å². The molecule has 0 radical (unpaired) electrons. The first kappa shape index (κ1) is 12.9. The lowest BCUT2D eigenvalue weighted by Gasteiger charge is -2.03. The Morgan fingerprint density at radius 3 is 2.74 bits per heavy atom. The smallest absolute Gasteiger partial charge is 0.323 e. The summed E-state index contributed by atoms with van der Waals surface area (Å²) in [4.78, 5) is 25.9. The topological polar surface area (TPSA) is 90.0 Å². The van der Waals surface area contributed by atoms with E-state index in [1.54, 1.807) is 20.0 Å². The summed E-state index contributed by atoms with van der Waals surface area (Å²) in [7, 11) is 1.68. The Balaban J connectivity index is 2.52. The predicted octanol–water partition coefficient (Wildman–Crippen LogP) is 0.176. The molecule has 0 atom stereocenters. The normalized spacial score (nSPS) is 10.7. The van der Waals surface area contributed by atoms with Crippen molar-refractivity contribution in [3.63, 3.8) is 0 Å². The first-order valence-electron chi connectivity index (χ1n) is 5.38. The minimum absolute atomic E-state index is 0.185. The molecule has 0 bridgehead atoms. The summed E-state index contributed by atoms with van der Waals surface area (Å²) in [5, 5.41) is 12.6. The monoisotopic (exact) mass is 266 g/mol. The summed E-state index contributed by atoms with van der Waals surface area (Å²) >= 11 is 0. The van der Waals surface area contributed by atoms with E-state index >= 15 is 0 Å². The Morgan fingerprint density at radius 1 is 1.53 bits per heavy atom. The molecule has 2 heterocycles. The Bertz CT molecular complexity index is 685. The zero-order valence-electron chi connectivity index (χ0n) is 10.3. The molecule has 7 nitrogen and oxygen atoms in total. The summed E-state index contributed by atoms with van der Waals surface area (Å²) in [6, 6.07) is 1.59. The maximum Gasteiger partial charge on any atom is 0.323 e. The highest BCUT2D eigenvalue weighted by molar-refractivity contribution is 5.66. The van der Waals surface area contributed by atoms with Crippen LogP contribution in [0.15, 0.2) is 17.2 Å². The van der Waals surface area contributed by atoms with E-state index in [0.717, 1.165) is 12.0 Å². The number of halogens is 1. The number of hydrogen-bond acceptors (Lipinski definition) is 4. The fraction of sp³-hybridized carbons (Fsp3) is 0.273. The fourth-order valence-electron chi connectivity index (χ4n) is 1.58. The second kappa shape index (κ2) is 4.63. The van der Waals surface area contributed by atoms with Gasteiger partial charge in [0.25, 0.3) is 5.56 Å². The third-order valence-corrected chi connectivity index (χ3v) is 2.64. The molecular formula is C11H11FN4O3. The first-order chi connectivity index (χ1) is 8.90. The van der Waals surface area contributed by atoms with Gasteiger partial charge in [0.2, 0.25) is 5.82 Å². The van der Waals surface area contributed by atoms with Crippen molar-refractivity contribution < 1.29 is 14.3 Å². The van der Waals surface area contributed by atoms with Crippen LogP contribution in [-0.2, 0) is 18.4 Å². The number of carboxylic acids is 1. The Morgan fingerprint density at radius 2 is 2.21 bits per heavy atom. The van der Waals surface area contributed by atoms with Crippen molar-refractivity contribution in [2.45, 2.75) is 13.5 Å². The van der Waals surface area contributed by atoms with Crippen molar-refractivity contribution in [2.24, 2.45) is 7.05 Å². The molecule has 0 aromatic carbocycles. The van der Waals surface area contributed by atoms with Gasteiger partial charge in [0, 0.05) is 12.7 Å². The van der Waals surface area contributed by atoms with E-state index in [4.69, 9.17) is 5.11 Å². The van der Waals surface area contributed by atoms with E-state index in [1.807, 2.05) is 0 Å². The van der Waals surface area contributed by atoms with E-state index < -0.39 is 23.9 Å². The molecule has 19 heavy (non-hydrogen) atoms. The molecule has 1 N–H and O–H groups in total. The summed E-state index contributed by atoms with van der Waals surface area (Å²) in [5.74, 6) is -2.36. The van der Waals surface area contributed by atoms with E-state index in [1.165, 1.54) is 4.68 Å². The molecule has 0 amide bonds. The van der Waals surface area contributed by atoms with E-state index in [9.17, 15) is 14.0 Å². The molecule has 0 aliphatic heterocycles. The van der Waals surface area contributed by atoms with E-state index in [2.05, 4.69) is 10.1 Å². The highest BCUT2D eigenvalue weighted by Crippen LogP contribution is 2.16. The molecule has 2 rings (SSSR count). The van der Waals surface area contributed by atoms with Crippen LogP contribution in [0.2, 0.25) is 0 Å². The van der Waals surface area contributed by atoms with Gasteiger partial charge in [-0.15, -0.1) is 0 Å². The SMILES string of the molecule is Cc1cc(-c2ncn(CC(=O)O)c(=O)c2F)nn1C. The number of nitrogens with zero attached hydrogens (tertiary/aromatic N) is 4. The zero-order chi connectivity index (χ0) is 14.2. The maximum atomic E-state index is 13.9. The predicted molar refractivity (Wildman–Crippen MR) is 63.0 cm³/mol. The van der Waals surface area contributed by atoms with Crippen molar-refractivity contribution in [3.8, 4) is 11.4 Å². The Labute approximate surface area is 106 Å². The average molecular weight is 266 g/mol. The highest BCUT2D eigenvalue weighted by atomic mass is 19.1. The number of aliphatic carboxylic acids is 1. The van der Waals surface area contributed by atoms with E-state index in [0.29, 0.717) is 4.57 Å². The van der Waals surface area contributed by atoms with Crippen LogP contribution in [0.4, 0.5) is 4.39 Å². The van der Waals surface area contributed by atoms with Crippen LogP contribution in [0.5, 0.6) is 0 Å². The van der Waals surface area contributed by atoms with Crippen molar-refractivity contribution >= 4 is 5.97 Å². The molecule has 2 aromatic rings. The number of carbonyl (C=O) groups is 1. The minimum Gasteiger partial charge on any atom is -0.480 e. The molecule has 0 saturated carbocycles. The molecule has 8 heteroatoms. The zero-order valence-corrected chi connectivity index (χ0v) is 10.3. The third kappa shape index (κ3) is 2.37. The first-order valence-corrected chi connectivity index (χ1v) is 5.38. The fourth-order valence-corrected chi connectivity index (χ4v) is 1.58. The van der Waals surface area contributed by atoms with Crippen molar-refractivity contribution in [1.82, 2.24) is 19.3 Å². The number of hydrogen-bond donors (Lipinski definition) is 1. The molecule has 0 spiro atoms. The third-order valence-electron chi connectivity index (χ3n) is 2.64. The summed E-state index contributed by atoms with van der Waals surface area (Å²) in [5.41, 5.74) is -0.200. The largest absolute Gasteiger partial charge is 0.480 e. The van der Waals surface area contributed by atoms with Gasteiger partial charge in [-0.2, -0.15) is 9.49 Å². The van der Waals surface area contributed by atoms with Crippen LogP contribution >= 0.6 is 0 Å². The van der Waals surface area contributed by atoms with Gasteiger partial charge in [0.05, 0.1) is 6.33 Å². The summed E-state index contributed by atoms with van der Waals surface area (Å²) in [6.07, 6.45) is 0.999. The lowest BCUT2D eigenvalue weighted by molar-refractivity contribution is -0.137. The van der Waals surface area contributed by atoms with Crippen LogP contribution in [0.25, 0.3) is 11.4 Å². The lowest BCUT2D eigenvalue weighted by atomic mass is 10.2. The van der Waals surface area contributed by atoms with Gasteiger partial charge in [-0.1, -0.05) is 0 Å². The Hall–Kier alpha value is -2.51. The molecule has 0 aliphatic carbocycles. The molecule has 100 valence electrons. The van der Waals surface area contributed by atoms with E-state index in [-0.39, 0.29) is 11.4 Å². The molecule has 0 unspecified atom stereocenters. The van der Waals surface area contributed by atoms with Gasteiger partial charge in [-0.25, -0.2) is 4.98 Å². The van der Waals surface area contributed by atoms with Crippen LogP contribution in [0.3, 0.4) is 0 Å². The van der Waals surface area contributed by atoms with Crippen LogP contribution in [0, 0.1) is 12.7 Å². The number of aromatic nitrogens is 4. The van der Waals surface area contributed by atoms with Crippen LogP contribution in [0.1, 0.15) is 5.69 Å². The molecule has 0 saturated heterocycles. The van der Waals surface area contributed by atoms with Gasteiger partial charge < -0.3 is 5.11 Å². The molecule has 0 aliphatic rings. The van der Waals surface area contributed by atoms with Crippen LogP contribution < -0.4 is 5.56 Å². The quantitative estimate of drug-likeness (QED) is 0.855. The maximum absolute atomic E-state index is 13.9. The van der Waals surface area contributed by atoms with Gasteiger partial charge in [-0.05, 0) is 13.0 Å². The van der Waals surface area contributed by atoms with Gasteiger partial charge in [0.1, 0.15) is 17.9 Å². The lowest BCUT2D eigenvalue weighted by Crippen LogP contribution is -2.27. The number of aryl methyl sites for hydroxylation is 2. The van der Waals surface area contributed by atoms with Crippen LogP contribution in [-0.4, -0.2) is 30.4 Å². The van der Waals surface area contributed by atoms with Gasteiger partial charge in [-0.3, -0.25) is 18.8 Å². The molecular weight excluding hydrogens is 255 g/mol. The standard InChI is InChI=1S/C11H11FN4O3/c1-6-3-7(14-15(6)2)10-9(12)11(19)16(5-13-10)4-8(17)18/h3,5H,4H2,1-2H3,(H,17,18). The minimum atomic E-state index is -1.25. The average Bonchev–Trinajstić information content (AvgIpc) is 2.65. The second-order valence-electron chi connectivity index (χ2n) is 4.03. The summed E-state index contributed by atoms with van der Waals surface area (Å²) < 4.78 is 16.1.